The quantitative estimate of drug-likeness (QED) is 0.389. The maximum atomic E-state index is 11.2. The Labute approximate surface area is 92.7 Å². The molecule has 5 nitrogen and oxygen atoms in total. The number of rotatable bonds is 6. The molecule has 0 rings (SSSR count). The summed E-state index contributed by atoms with van der Waals surface area (Å²) in [5.74, 6) is -2.72. The van der Waals surface area contributed by atoms with E-state index in [1.54, 1.807) is 13.8 Å². The largest absolute Gasteiger partial charge is 0.466 e. The number of carbonyl (C=O) groups excluding carboxylic acids is 3. The highest BCUT2D eigenvalue weighted by atomic mass is 35.5. The molecular formula is C9H13ClO5. The summed E-state index contributed by atoms with van der Waals surface area (Å²) in [6.45, 7) is 3.53. The van der Waals surface area contributed by atoms with Crippen LogP contribution in [0.1, 0.15) is 20.3 Å². The third-order valence-corrected chi connectivity index (χ3v) is 1.78. The zero-order valence-electron chi connectivity index (χ0n) is 8.62. The van der Waals surface area contributed by atoms with Gasteiger partial charge in [0.05, 0.1) is 19.6 Å². The molecule has 0 heterocycles. The summed E-state index contributed by atoms with van der Waals surface area (Å²) in [6, 6.07) is 0. The molecule has 0 amide bonds. The smallest absolute Gasteiger partial charge is 0.318 e. The number of esters is 2. The van der Waals surface area contributed by atoms with Gasteiger partial charge in [0.15, 0.2) is 0 Å². The van der Waals surface area contributed by atoms with Crippen LogP contribution >= 0.6 is 11.6 Å². The Bertz CT molecular complexity index is 251. The topological polar surface area (TPSA) is 69.7 Å². The molecule has 0 radical (unpaired) electrons. The predicted octanol–water partition coefficient (Wildman–Crippen LogP) is 0.884. The molecule has 0 aliphatic carbocycles. The summed E-state index contributed by atoms with van der Waals surface area (Å²) in [5, 5.41) is -0.915. The fraction of sp³-hybridized carbons (Fsp3) is 0.667. The van der Waals surface area contributed by atoms with Gasteiger partial charge < -0.3 is 9.47 Å². The minimum Gasteiger partial charge on any atom is -0.466 e. The third kappa shape index (κ3) is 5.37. The molecule has 86 valence electrons. The van der Waals surface area contributed by atoms with Gasteiger partial charge in [0.1, 0.15) is 5.92 Å². The number of carbonyl (C=O) groups is 3. The Kier molecular flexibility index (Phi) is 6.70. The maximum absolute atomic E-state index is 11.2. The highest BCUT2D eigenvalue weighted by Gasteiger charge is 2.29. The van der Waals surface area contributed by atoms with Crippen molar-refractivity contribution >= 4 is 28.8 Å². The van der Waals surface area contributed by atoms with Crippen LogP contribution in [0.4, 0.5) is 0 Å². The van der Waals surface area contributed by atoms with E-state index in [1.165, 1.54) is 0 Å². The van der Waals surface area contributed by atoms with Crippen molar-refractivity contribution in [3.05, 3.63) is 0 Å². The Balaban J connectivity index is 4.34. The summed E-state index contributed by atoms with van der Waals surface area (Å²) < 4.78 is 9.19. The molecule has 0 saturated heterocycles. The molecule has 0 aliphatic rings. The van der Waals surface area contributed by atoms with E-state index in [4.69, 9.17) is 11.6 Å². The molecule has 0 aromatic rings. The van der Waals surface area contributed by atoms with Crippen LogP contribution in [0.3, 0.4) is 0 Å². The lowest BCUT2D eigenvalue weighted by atomic mass is 10.1. The molecule has 0 aromatic carbocycles. The highest BCUT2D eigenvalue weighted by Crippen LogP contribution is 2.11. The lowest BCUT2D eigenvalue weighted by Gasteiger charge is -2.10. The van der Waals surface area contributed by atoms with E-state index in [-0.39, 0.29) is 19.6 Å². The molecule has 6 heteroatoms. The van der Waals surface area contributed by atoms with Gasteiger partial charge in [-0.3, -0.25) is 14.4 Å². The van der Waals surface area contributed by atoms with Crippen LogP contribution < -0.4 is 0 Å². The van der Waals surface area contributed by atoms with Crippen LogP contribution in [-0.4, -0.2) is 30.4 Å². The maximum Gasteiger partial charge on any atom is 0.318 e. The molecule has 0 saturated carbocycles. The minimum atomic E-state index is -1.27. The molecule has 0 aliphatic heterocycles. The van der Waals surface area contributed by atoms with Crippen LogP contribution in [-0.2, 0) is 23.9 Å². The van der Waals surface area contributed by atoms with Crippen LogP contribution in [0.25, 0.3) is 0 Å². The second kappa shape index (κ2) is 7.23. The minimum absolute atomic E-state index is 0.127. The summed E-state index contributed by atoms with van der Waals surface area (Å²) in [4.78, 5) is 33.1. The SMILES string of the molecule is CCOC(=O)CC(C(=O)Cl)C(=O)OCC. The highest BCUT2D eigenvalue weighted by molar-refractivity contribution is 6.65. The molecule has 0 bridgehead atoms. The van der Waals surface area contributed by atoms with Crippen molar-refractivity contribution in [3.63, 3.8) is 0 Å². The fourth-order valence-corrected chi connectivity index (χ4v) is 1.05. The Hall–Kier alpha value is -1.10. The van der Waals surface area contributed by atoms with Gasteiger partial charge in [-0.15, -0.1) is 0 Å². The van der Waals surface area contributed by atoms with Crippen LogP contribution in [0.2, 0.25) is 0 Å². The van der Waals surface area contributed by atoms with Gasteiger partial charge in [0, 0.05) is 0 Å². The van der Waals surface area contributed by atoms with Gasteiger partial charge in [-0.05, 0) is 25.4 Å². The van der Waals surface area contributed by atoms with E-state index in [2.05, 4.69) is 9.47 Å². The normalized spacial score (nSPS) is 11.7. The second-order valence-corrected chi connectivity index (χ2v) is 2.99. The summed E-state index contributed by atoms with van der Waals surface area (Å²) in [6.07, 6.45) is -0.380. The van der Waals surface area contributed by atoms with Crippen LogP contribution in [0, 0.1) is 5.92 Å². The van der Waals surface area contributed by atoms with Gasteiger partial charge in [-0.1, -0.05) is 0 Å². The summed E-state index contributed by atoms with van der Waals surface area (Å²) >= 11 is 5.17. The van der Waals surface area contributed by atoms with Gasteiger partial charge in [0.2, 0.25) is 5.24 Å². The molecule has 1 atom stereocenters. The molecule has 0 aromatic heterocycles. The number of hydrogen-bond acceptors (Lipinski definition) is 5. The Morgan fingerprint density at radius 3 is 2.07 bits per heavy atom. The molecule has 0 N–H and O–H groups in total. The summed E-state index contributed by atoms with van der Waals surface area (Å²) in [5.41, 5.74) is 0. The van der Waals surface area contributed by atoms with Crippen LogP contribution in [0.15, 0.2) is 0 Å². The van der Waals surface area contributed by atoms with Gasteiger partial charge in [0.25, 0.3) is 0 Å². The first-order chi connectivity index (χ1) is 7.02. The first-order valence-corrected chi connectivity index (χ1v) is 4.92. The van der Waals surface area contributed by atoms with E-state index >= 15 is 0 Å². The predicted molar refractivity (Wildman–Crippen MR) is 52.2 cm³/mol. The fourth-order valence-electron chi connectivity index (χ4n) is 0.886. The average molecular weight is 237 g/mol. The van der Waals surface area contributed by atoms with Crippen molar-refractivity contribution in [2.75, 3.05) is 13.2 Å². The van der Waals surface area contributed by atoms with E-state index in [0.717, 1.165) is 0 Å². The number of halogens is 1. The summed E-state index contributed by atoms with van der Waals surface area (Å²) in [7, 11) is 0. The zero-order chi connectivity index (χ0) is 11.8. The monoisotopic (exact) mass is 236 g/mol. The first kappa shape index (κ1) is 13.9. The average Bonchev–Trinajstić information content (AvgIpc) is 2.14. The van der Waals surface area contributed by atoms with Crippen LogP contribution in [0.5, 0.6) is 0 Å². The lowest BCUT2D eigenvalue weighted by molar-refractivity contribution is -0.156. The first-order valence-electron chi connectivity index (χ1n) is 4.54. The van der Waals surface area contributed by atoms with Crippen molar-refractivity contribution in [2.45, 2.75) is 20.3 Å². The molecule has 1 unspecified atom stereocenters. The second-order valence-electron chi connectivity index (χ2n) is 2.62. The lowest BCUT2D eigenvalue weighted by Crippen LogP contribution is -2.26. The van der Waals surface area contributed by atoms with Crippen molar-refractivity contribution < 1.29 is 23.9 Å². The van der Waals surface area contributed by atoms with E-state index in [1.807, 2.05) is 0 Å². The van der Waals surface area contributed by atoms with Crippen molar-refractivity contribution in [1.29, 1.82) is 0 Å². The van der Waals surface area contributed by atoms with E-state index in [0.29, 0.717) is 0 Å². The van der Waals surface area contributed by atoms with E-state index in [9.17, 15) is 14.4 Å². The molecule has 15 heavy (non-hydrogen) atoms. The van der Waals surface area contributed by atoms with Gasteiger partial charge in [-0.2, -0.15) is 0 Å². The van der Waals surface area contributed by atoms with Gasteiger partial charge >= 0.3 is 11.9 Å². The zero-order valence-corrected chi connectivity index (χ0v) is 9.37. The molecule has 0 fully saturated rings. The Morgan fingerprint density at radius 1 is 1.13 bits per heavy atom. The molecular weight excluding hydrogens is 224 g/mol. The molecule has 0 spiro atoms. The van der Waals surface area contributed by atoms with E-state index < -0.39 is 23.1 Å². The number of ether oxygens (including phenoxy) is 2. The van der Waals surface area contributed by atoms with Gasteiger partial charge in [-0.25, -0.2) is 0 Å². The van der Waals surface area contributed by atoms with Crippen molar-refractivity contribution in [3.8, 4) is 0 Å². The third-order valence-electron chi connectivity index (χ3n) is 1.52. The number of hydrogen-bond donors (Lipinski definition) is 0. The Morgan fingerprint density at radius 2 is 1.67 bits per heavy atom. The standard InChI is InChI=1S/C9H13ClO5/c1-3-14-7(11)5-6(8(10)12)9(13)15-4-2/h6H,3-5H2,1-2H3. The van der Waals surface area contributed by atoms with Crippen molar-refractivity contribution in [1.82, 2.24) is 0 Å². The van der Waals surface area contributed by atoms with Crippen molar-refractivity contribution in [2.24, 2.45) is 5.92 Å².